The number of piperazine rings is 2. The van der Waals surface area contributed by atoms with E-state index in [0.29, 0.717) is 65.9 Å². The highest BCUT2D eigenvalue weighted by atomic mass is 35.5. The van der Waals surface area contributed by atoms with Crippen LogP contribution in [0.15, 0.2) is 93.3 Å². The van der Waals surface area contributed by atoms with Crippen molar-refractivity contribution in [2.45, 2.75) is 22.6 Å². The molecule has 0 spiro atoms. The van der Waals surface area contributed by atoms with Crippen LogP contribution in [0.5, 0.6) is 0 Å². The van der Waals surface area contributed by atoms with Crippen LogP contribution in [-0.4, -0.2) is 87.8 Å². The van der Waals surface area contributed by atoms with Crippen molar-refractivity contribution in [3.8, 4) is 0 Å². The summed E-state index contributed by atoms with van der Waals surface area (Å²) in [4.78, 5) is 13.1. The Labute approximate surface area is 384 Å². The Hall–Kier alpha value is -3.56. The molecule has 0 aliphatic carbocycles. The van der Waals surface area contributed by atoms with Gasteiger partial charge in [0, 0.05) is 92.1 Å². The van der Waals surface area contributed by atoms with Crippen molar-refractivity contribution in [1.29, 1.82) is 0 Å². The van der Waals surface area contributed by atoms with E-state index in [2.05, 4.69) is 9.97 Å². The first-order valence-electron chi connectivity index (χ1n) is 18.6. The van der Waals surface area contributed by atoms with Crippen molar-refractivity contribution >= 4 is 99.4 Å². The smallest absolute Gasteiger partial charge is 0.244 e. The normalized spacial score (nSPS) is 15.4. The summed E-state index contributed by atoms with van der Waals surface area (Å²) < 4.78 is 108. The molecular formula is C40H34Cl4F4N6O4S4. The molecule has 2 fully saturated rings. The molecular weight excluding hydrogens is 975 g/mol. The zero-order chi connectivity index (χ0) is 44.3. The average Bonchev–Trinajstić information content (AvgIpc) is 3.91. The van der Waals surface area contributed by atoms with Crippen LogP contribution in [0.2, 0.25) is 20.1 Å². The Balaban J connectivity index is 0.000000186. The van der Waals surface area contributed by atoms with Gasteiger partial charge in [-0.1, -0.05) is 52.5 Å². The second-order valence-electron chi connectivity index (χ2n) is 14.1. The van der Waals surface area contributed by atoms with E-state index in [-0.39, 0.29) is 46.0 Å². The highest BCUT2D eigenvalue weighted by molar-refractivity contribution is 7.89. The van der Waals surface area contributed by atoms with Gasteiger partial charge in [0.25, 0.3) is 0 Å². The van der Waals surface area contributed by atoms with Crippen molar-refractivity contribution < 1.29 is 34.4 Å². The van der Waals surface area contributed by atoms with Crippen LogP contribution >= 0.6 is 69.1 Å². The minimum absolute atomic E-state index is 0.00168. The third kappa shape index (κ3) is 11.0. The van der Waals surface area contributed by atoms with Gasteiger partial charge in [0.2, 0.25) is 20.0 Å². The number of aromatic nitrogens is 2. The average molecular weight is 1010 g/mol. The predicted octanol–water partition coefficient (Wildman–Crippen LogP) is 9.66. The lowest BCUT2D eigenvalue weighted by Gasteiger charge is -2.34. The SMILES string of the molecule is O=S(=O)(c1cc(Cl)ccc1Cl)N1CCN(c2nc(Cc3cc(F)cc(F)c3)cs2)CC1.O=S(=O)(c1cc(Cl)ccc1Cl)N1CCN(c2nc(Cc3ccc(F)c(F)c3)cs2)CC1. The van der Waals surface area contributed by atoms with E-state index in [1.54, 1.807) is 12.1 Å². The summed E-state index contributed by atoms with van der Waals surface area (Å²) in [6, 6.07) is 15.9. The molecule has 328 valence electrons. The summed E-state index contributed by atoms with van der Waals surface area (Å²) in [6.07, 6.45) is 0.697. The Kier molecular flexibility index (Phi) is 14.7. The minimum Gasteiger partial charge on any atom is -0.345 e. The quantitative estimate of drug-likeness (QED) is 0.125. The fourth-order valence-electron chi connectivity index (χ4n) is 6.69. The number of sulfonamides is 2. The highest BCUT2D eigenvalue weighted by Gasteiger charge is 2.33. The molecule has 0 bridgehead atoms. The molecule has 2 saturated heterocycles. The molecule has 0 N–H and O–H groups in total. The number of halogens is 8. The van der Waals surface area contributed by atoms with Crippen LogP contribution in [0.25, 0.3) is 0 Å². The first kappa shape index (κ1) is 46.4. The largest absolute Gasteiger partial charge is 0.345 e. The van der Waals surface area contributed by atoms with Gasteiger partial charge in [0.05, 0.1) is 21.4 Å². The molecule has 4 heterocycles. The Morgan fingerprint density at radius 1 is 0.516 bits per heavy atom. The predicted molar refractivity (Wildman–Crippen MR) is 237 cm³/mol. The fourth-order valence-corrected chi connectivity index (χ4v) is 12.8. The number of anilines is 2. The number of benzene rings is 4. The third-order valence-corrected chi connectivity index (χ3v) is 16.9. The highest BCUT2D eigenvalue weighted by Crippen LogP contribution is 2.32. The first-order valence-corrected chi connectivity index (χ1v) is 24.8. The minimum atomic E-state index is -3.76. The van der Waals surface area contributed by atoms with Crippen LogP contribution in [-0.2, 0) is 32.9 Å². The van der Waals surface area contributed by atoms with Crippen LogP contribution in [0.1, 0.15) is 22.5 Å². The molecule has 0 unspecified atom stereocenters. The van der Waals surface area contributed by atoms with Gasteiger partial charge >= 0.3 is 0 Å². The molecule has 4 aromatic carbocycles. The van der Waals surface area contributed by atoms with E-state index in [4.69, 9.17) is 46.4 Å². The van der Waals surface area contributed by atoms with Gasteiger partial charge in [-0.25, -0.2) is 44.4 Å². The third-order valence-electron chi connectivity index (χ3n) is 9.80. The Bertz CT molecular complexity index is 2780. The summed E-state index contributed by atoms with van der Waals surface area (Å²) in [5.74, 6) is -3.01. The zero-order valence-corrected chi connectivity index (χ0v) is 38.4. The second-order valence-corrected chi connectivity index (χ2v) is 21.2. The first-order chi connectivity index (χ1) is 29.5. The van der Waals surface area contributed by atoms with Gasteiger partial charge in [0.15, 0.2) is 21.9 Å². The zero-order valence-electron chi connectivity index (χ0n) is 32.1. The summed E-state index contributed by atoms with van der Waals surface area (Å²) in [5.41, 5.74) is 2.58. The van der Waals surface area contributed by atoms with Crippen LogP contribution in [0.3, 0.4) is 0 Å². The molecule has 6 aromatic rings. The lowest BCUT2D eigenvalue weighted by Crippen LogP contribution is -2.48. The summed E-state index contributed by atoms with van der Waals surface area (Å²) >= 11 is 26.9. The molecule has 2 aromatic heterocycles. The van der Waals surface area contributed by atoms with E-state index in [0.717, 1.165) is 28.1 Å². The van der Waals surface area contributed by atoms with Gasteiger partial charge < -0.3 is 9.80 Å². The topological polar surface area (TPSA) is 107 Å². The van der Waals surface area contributed by atoms with Gasteiger partial charge in [-0.05, 0) is 71.8 Å². The summed E-state index contributed by atoms with van der Waals surface area (Å²) in [6.45, 7) is 2.96. The van der Waals surface area contributed by atoms with Crippen LogP contribution in [0, 0.1) is 23.3 Å². The maximum absolute atomic E-state index is 13.4. The number of thiazole rings is 2. The number of nitrogens with zero attached hydrogens (tertiary/aromatic N) is 6. The van der Waals surface area contributed by atoms with Gasteiger partial charge in [-0.15, -0.1) is 22.7 Å². The molecule has 2 aliphatic heterocycles. The van der Waals surface area contributed by atoms with Gasteiger partial charge in [-0.2, -0.15) is 8.61 Å². The molecule has 0 amide bonds. The lowest BCUT2D eigenvalue weighted by atomic mass is 10.1. The molecule has 2 aliphatic rings. The number of hydrogen-bond donors (Lipinski definition) is 0. The monoisotopic (exact) mass is 1010 g/mol. The fraction of sp³-hybridized carbons (Fsp3) is 0.250. The Morgan fingerprint density at radius 2 is 0.952 bits per heavy atom. The van der Waals surface area contributed by atoms with E-state index in [1.165, 1.54) is 79.8 Å². The van der Waals surface area contributed by atoms with Crippen molar-refractivity contribution in [2.75, 3.05) is 62.2 Å². The van der Waals surface area contributed by atoms with Crippen molar-refractivity contribution in [3.05, 3.63) is 149 Å². The molecule has 0 atom stereocenters. The summed E-state index contributed by atoms with van der Waals surface area (Å²) in [7, 11) is -7.52. The summed E-state index contributed by atoms with van der Waals surface area (Å²) in [5, 5.41) is 6.07. The second kappa shape index (κ2) is 19.7. The van der Waals surface area contributed by atoms with E-state index < -0.39 is 43.3 Å². The maximum atomic E-state index is 13.4. The van der Waals surface area contributed by atoms with Crippen LogP contribution < -0.4 is 9.80 Å². The van der Waals surface area contributed by atoms with E-state index in [9.17, 15) is 34.4 Å². The molecule has 62 heavy (non-hydrogen) atoms. The van der Waals surface area contributed by atoms with Gasteiger partial charge in [-0.3, -0.25) is 0 Å². The molecule has 10 nitrogen and oxygen atoms in total. The number of rotatable bonds is 10. The molecule has 0 saturated carbocycles. The molecule has 0 radical (unpaired) electrons. The molecule has 22 heteroatoms. The lowest BCUT2D eigenvalue weighted by molar-refractivity contribution is 0.384. The Morgan fingerprint density at radius 3 is 1.39 bits per heavy atom. The molecule has 8 rings (SSSR count). The number of hydrogen-bond acceptors (Lipinski definition) is 10. The van der Waals surface area contributed by atoms with E-state index in [1.807, 2.05) is 20.6 Å². The maximum Gasteiger partial charge on any atom is 0.244 e. The van der Waals surface area contributed by atoms with Crippen molar-refractivity contribution in [1.82, 2.24) is 18.6 Å². The van der Waals surface area contributed by atoms with Crippen LogP contribution in [0.4, 0.5) is 27.8 Å². The standard InChI is InChI=1S/2C20H17Cl2F2N3O2S2/c21-14-2-3-16(22)19(11-14)31(28,29)27-7-5-26(6-8-27)20-25-15(12-30-20)9-13-1-4-17(23)18(24)10-13;21-14-1-2-18(22)19(10-14)31(28,29)27-5-3-26(4-6-27)20-25-17(12-30-20)9-13-7-15(23)11-16(24)8-13/h1-4,10-12H,5-9H2;1-2,7-8,10-12H,3-6,9H2. The van der Waals surface area contributed by atoms with Crippen molar-refractivity contribution in [3.63, 3.8) is 0 Å². The van der Waals surface area contributed by atoms with Gasteiger partial charge in [0.1, 0.15) is 21.4 Å². The van der Waals surface area contributed by atoms with Crippen molar-refractivity contribution in [2.24, 2.45) is 0 Å². The van der Waals surface area contributed by atoms with E-state index >= 15 is 0 Å².